The van der Waals surface area contributed by atoms with Gasteiger partial charge in [0.05, 0.1) is 5.92 Å². The normalized spacial score (nSPS) is 22.4. The Labute approximate surface area is 179 Å². The molecule has 2 atom stereocenters. The topological polar surface area (TPSA) is 73.0 Å². The second-order valence-electron chi connectivity index (χ2n) is 8.56. The van der Waals surface area contributed by atoms with Crippen molar-refractivity contribution < 1.29 is 14.4 Å². The van der Waals surface area contributed by atoms with E-state index in [1.54, 1.807) is 4.90 Å². The molecule has 164 valence electrons. The minimum absolute atomic E-state index is 0.0561. The van der Waals surface area contributed by atoms with E-state index >= 15 is 0 Å². The quantitative estimate of drug-likeness (QED) is 0.801. The minimum Gasteiger partial charge on any atom is -0.378 e. The lowest BCUT2D eigenvalue weighted by molar-refractivity contribution is -0.143. The maximum Gasteiger partial charge on any atom is 0.251 e. The Balaban J connectivity index is 1.63. The Morgan fingerprint density at radius 3 is 2.70 bits per heavy atom. The summed E-state index contributed by atoms with van der Waals surface area (Å²) in [5.41, 5.74) is 1.61. The van der Waals surface area contributed by atoms with Crippen molar-refractivity contribution in [3.8, 4) is 0 Å². The number of nitrogens with one attached hydrogen (secondary N) is 1. The maximum absolute atomic E-state index is 13.2. The highest BCUT2D eigenvalue weighted by atomic mass is 16.2. The summed E-state index contributed by atoms with van der Waals surface area (Å²) in [6, 6.07) is 7.50. The molecule has 1 aromatic rings. The van der Waals surface area contributed by atoms with Crippen LogP contribution in [0.2, 0.25) is 0 Å². The van der Waals surface area contributed by atoms with Crippen LogP contribution in [0.1, 0.15) is 49.4 Å². The van der Waals surface area contributed by atoms with E-state index in [4.69, 9.17) is 0 Å². The van der Waals surface area contributed by atoms with Gasteiger partial charge in [0.1, 0.15) is 0 Å². The predicted octanol–water partition coefficient (Wildman–Crippen LogP) is 2.12. The number of rotatable bonds is 5. The van der Waals surface area contributed by atoms with Gasteiger partial charge in [0.2, 0.25) is 11.8 Å². The third-order valence-electron chi connectivity index (χ3n) is 6.17. The largest absolute Gasteiger partial charge is 0.378 e. The molecule has 2 aliphatic heterocycles. The van der Waals surface area contributed by atoms with Crippen LogP contribution in [0.15, 0.2) is 24.3 Å². The molecular weight excluding hydrogens is 380 g/mol. The van der Waals surface area contributed by atoms with Gasteiger partial charge in [-0.05, 0) is 50.8 Å². The summed E-state index contributed by atoms with van der Waals surface area (Å²) in [5.74, 6) is 0.0338. The fourth-order valence-corrected chi connectivity index (χ4v) is 4.33. The monoisotopic (exact) mass is 414 g/mol. The molecule has 3 amide bonds. The highest BCUT2D eigenvalue weighted by Crippen LogP contribution is 2.22. The molecule has 3 rings (SSSR count). The smallest absolute Gasteiger partial charge is 0.251 e. The summed E-state index contributed by atoms with van der Waals surface area (Å²) in [5, 5.41) is 3.14. The maximum atomic E-state index is 13.2. The number of likely N-dealkylation sites (tertiary alicyclic amines) is 2. The van der Waals surface area contributed by atoms with Crippen molar-refractivity contribution in [1.82, 2.24) is 15.1 Å². The second-order valence-corrected chi connectivity index (χ2v) is 8.56. The molecule has 30 heavy (non-hydrogen) atoms. The van der Waals surface area contributed by atoms with Crippen LogP contribution < -0.4 is 10.2 Å². The fourth-order valence-electron chi connectivity index (χ4n) is 4.33. The van der Waals surface area contributed by atoms with Gasteiger partial charge in [-0.1, -0.05) is 6.07 Å². The van der Waals surface area contributed by atoms with E-state index in [1.165, 1.54) is 0 Å². The van der Waals surface area contributed by atoms with Crippen molar-refractivity contribution in [3.63, 3.8) is 0 Å². The fraction of sp³-hybridized carbons (Fsp3) is 0.609. The lowest BCUT2D eigenvalue weighted by Gasteiger charge is -2.35. The predicted molar refractivity (Wildman–Crippen MR) is 117 cm³/mol. The third-order valence-corrected chi connectivity index (χ3v) is 6.17. The van der Waals surface area contributed by atoms with Gasteiger partial charge in [-0.3, -0.25) is 14.4 Å². The van der Waals surface area contributed by atoms with Gasteiger partial charge in [-0.15, -0.1) is 0 Å². The zero-order chi connectivity index (χ0) is 21.7. The van der Waals surface area contributed by atoms with Crippen LogP contribution in [-0.4, -0.2) is 73.8 Å². The number of anilines is 1. The van der Waals surface area contributed by atoms with Gasteiger partial charge >= 0.3 is 0 Å². The molecule has 2 unspecified atom stereocenters. The van der Waals surface area contributed by atoms with Crippen molar-refractivity contribution >= 4 is 23.4 Å². The minimum atomic E-state index is -0.131. The first-order valence-electron chi connectivity index (χ1n) is 11.0. The number of nitrogens with zero attached hydrogens (tertiary/aromatic N) is 3. The van der Waals surface area contributed by atoms with Crippen LogP contribution in [0.25, 0.3) is 0 Å². The lowest BCUT2D eigenvalue weighted by atomic mass is 9.95. The second kappa shape index (κ2) is 9.96. The number of piperidine rings is 1. The number of carbonyl (C=O) groups excluding carboxylic acids is 3. The number of hydrogen-bond acceptors (Lipinski definition) is 4. The first-order chi connectivity index (χ1) is 14.4. The highest BCUT2D eigenvalue weighted by molar-refractivity contribution is 5.95. The Morgan fingerprint density at radius 1 is 1.17 bits per heavy atom. The number of amides is 3. The Morgan fingerprint density at radius 2 is 1.97 bits per heavy atom. The molecule has 1 N–H and O–H groups in total. The molecule has 0 aromatic heterocycles. The molecule has 2 heterocycles. The average Bonchev–Trinajstić information content (AvgIpc) is 2.99. The van der Waals surface area contributed by atoms with Gasteiger partial charge in [-0.2, -0.15) is 0 Å². The van der Waals surface area contributed by atoms with E-state index in [0.29, 0.717) is 38.0 Å². The van der Waals surface area contributed by atoms with Gasteiger partial charge < -0.3 is 20.0 Å². The van der Waals surface area contributed by atoms with Crippen LogP contribution in [0, 0.1) is 5.92 Å². The van der Waals surface area contributed by atoms with E-state index in [1.807, 2.05) is 55.1 Å². The highest BCUT2D eigenvalue weighted by Gasteiger charge is 2.33. The molecule has 0 spiro atoms. The Hall–Kier alpha value is -2.57. The molecule has 2 saturated heterocycles. The zero-order valence-corrected chi connectivity index (χ0v) is 18.4. The SMILES string of the molecule is CCN1CC(C(=O)N2CCCCC(NC(=O)c3cccc(N(C)C)c3)C2)CCC1=O. The summed E-state index contributed by atoms with van der Waals surface area (Å²) in [6.07, 6.45) is 3.86. The summed E-state index contributed by atoms with van der Waals surface area (Å²) < 4.78 is 0. The van der Waals surface area contributed by atoms with Crippen molar-refractivity contribution in [2.24, 2.45) is 5.92 Å². The first kappa shape index (κ1) is 22.1. The average molecular weight is 415 g/mol. The standard InChI is InChI=1S/C23H34N4O3/c1-4-26-15-18(11-12-21(26)28)23(30)27-13-6-5-9-19(16-27)24-22(29)17-8-7-10-20(14-17)25(2)3/h7-8,10,14,18-19H,4-6,9,11-13,15-16H2,1-3H3,(H,24,29). The van der Waals surface area contributed by atoms with Gasteiger partial charge in [0, 0.05) is 64.0 Å². The number of benzene rings is 1. The molecule has 0 aliphatic carbocycles. The summed E-state index contributed by atoms with van der Waals surface area (Å²) in [6.45, 7) is 4.37. The van der Waals surface area contributed by atoms with Crippen LogP contribution in [0.5, 0.6) is 0 Å². The summed E-state index contributed by atoms with van der Waals surface area (Å²) in [4.78, 5) is 43.6. The third kappa shape index (κ3) is 5.32. The first-order valence-corrected chi connectivity index (χ1v) is 11.0. The van der Waals surface area contributed by atoms with E-state index in [-0.39, 0.29) is 29.7 Å². The van der Waals surface area contributed by atoms with Crippen molar-refractivity contribution in [2.45, 2.75) is 45.1 Å². The van der Waals surface area contributed by atoms with Gasteiger partial charge in [-0.25, -0.2) is 0 Å². The molecule has 1 aromatic carbocycles. The number of carbonyl (C=O) groups is 3. The van der Waals surface area contributed by atoms with Crippen LogP contribution in [0.3, 0.4) is 0 Å². The Kier molecular flexibility index (Phi) is 7.34. The van der Waals surface area contributed by atoms with E-state index in [9.17, 15) is 14.4 Å². The van der Waals surface area contributed by atoms with Crippen LogP contribution >= 0.6 is 0 Å². The lowest BCUT2D eigenvalue weighted by Crippen LogP contribution is -2.50. The van der Waals surface area contributed by atoms with E-state index in [2.05, 4.69) is 5.32 Å². The van der Waals surface area contributed by atoms with Gasteiger partial charge in [0.15, 0.2) is 0 Å². The zero-order valence-electron chi connectivity index (χ0n) is 18.4. The summed E-state index contributed by atoms with van der Waals surface area (Å²) in [7, 11) is 3.90. The van der Waals surface area contributed by atoms with Crippen molar-refractivity contribution in [1.29, 1.82) is 0 Å². The molecule has 0 saturated carbocycles. The molecule has 7 nitrogen and oxygen atoms in total. The number of hydrogen-bond donors (Lipinski definition) is 1. The van der Waals surface area contributed by atoms with Crippen molar-refractivity contribution in [3.05, 3.63) is 29.8 Å². The Bertz CT molecular complexity index is 779. The molecule has 0 bridgehead atoms. The van der Waals surface area contributed by atoms with Crippen LogP contribution in [-0.2, 0) is 9.59 Å². The summed E-state index contributed by atoms with van der Waals surface area (Å²) >= 11 is 0. The van der Waals surface area contributed by atoms with E-state index in [0.717, 1.165) is 31.5 Å². The molecular formula is C23H34N4O3. The molecule has 2 fully saturated rings. The molecule has 2 aliphatic rings. The van der Waals surface area contributed by atoms with Gasteiger partial charge in [0.25, 0.3) is 5.91 Å². The van der Waals surface area contributed by atoms with Crippen molar-refractivity contribution in [2.75, 3.05) is 45.2 Å². The van der Waals surface area contributed by atoms with E-state index < -0.39 is 0 Å². The molecule has 0 radical (unpaired) electrons. The van der Waals surface area contributed by atoms with Crippen LogP contribution in [0.4, 0.5) is 5.69 Å². The molecule has 7 heteroatoms.